The lowest BCUT2D eigenvalue weighted by Crippen LogP contribution is -2.58. The van der Waals surface area contributed by atoms with Gasteiger partial charge in [-0.2, -0.15) is 0 Å². The van der Waals surface area contributed by atoms with Crippen molar-refractivity contribution in [3.63, 3.8) is 0 Å². The Kier molecular flexibility index (Phi) is 3.14. The SMILES string of the molecule is C[C@@]12CCC[C@@](C)(C(=O)O)C1CC[C@@]13C[C@H](CCC12)[C@](C)(O)C3. The van der Waals surface area contributed by atoms with Crippen LogP contribution in [0.3, 0.4) is 0 Å². The Bertz CT molecular complexity index is 541. The van der Waals surface area contributed by atoms with Gasteiger partial charge in [0, 0.05) is 0 Å². The third-order valence-corrected chi connectivity index (χ3v) is 8.98. The maximum Gasteiger partial charge on any atom is 0.309 e. The van der Waals surface area contributed by atoms with Crippen LogP contribution >= 0.6 is 0 Å². The zero-order valence-corrected chi connectivity index (χ0v) is 14.9. The minimum absolute atomic E-state index is 0.148. The van der Waals surface area contributed by atoms with Crippen molar-refractivity contribution >= 4 is 5.97 Å². The molecule has 2 bridgehead atoms. The number of aliphatic carboxylic acids is 1. The molecule has 0 radical (unpaired) electrons. The summed E-state index contributed by atoms with van der Waals surface area (Å²) in [6.45, 7) is 6.45. The molecule has 23 heavy (non-hydrogen) atoms. The Balaban J connectivity index is 1.74. The van der Waals surface area contributed by atoms with Gasteiger partial charge >= 0.3 is 5.97 Å². The van der Waals surface area contributed by atoms with Crippen LogP contribution in [-0.4, -0.2) is 21.8 Å². The number of fused-ring (bicyclic) bond motifs is 3. The molecule has 2 N–H and O–H groups in total. The first kappa shape index (κ1) is 15.9. The Morgan fingerprint density at radius 2 is 1.74 bits per heavy atom. The molecule has 0 saturated heterocycles. The summed E-state index contributed by atoms with van der Waals surface area (Å²) < 4.78 is 0. The number of carboxylic acids is 1. The number of hydrogen-bond acceptors (Lipinski definition) is 2. The maximum absolute atomic E-state index is 12.1. The van der Waals surface area contributed by atoms with Gasteiger partial charge in [0.05, 0.1) is 11.0 Å². The lowest BCUT2D eigenvalue weighted by atomic mass is 9.41. The van der Waals surface area contributed by atoms with Crippen LogP contribution in [-0.2, 0) is 4.79 Å². The first-order valence-corrected chi connectivity index (χ1v) is 9.60. The molecule has 0 amide bonds. The summed E-state index contributed by atoms with van der Waals surface area (Å²) in [6, 6.07) is 0. The molecule has 0 aromatic heterocycles. The molecule has 0 aromatic carbocycles. The van der Waals surface area contributed by atoms with Gasteiger partial charge in [-0.1, -0.05) is 13.3 Å². The summed E-state index contributed by atoms with van der Waals surface area (Å²) in [5.74, 6) is 0.793. The van der Waals surface area contributed by atoms with Crippen LogP contribution in [0.5, 0.6) is 0 Å². The van der Waals surface area contributed by atoms with E-state index in [0.717, 1.165) is 38.5 Å². The molecule has 4 saturated carbocycles. The van der Waals surface area contributed by atoms with Crippen molar-refractivity contribution in [3.8, 4) is 0 Å². The lowest BCUT2D eigenvalue weighted by molar-refractivity contribution is -0.181. The van der Waals surface area contributed by atoms with Crippen LogP contribution in [0.2, 0.25) is 0 Å². The Morgan fingerprint density at radius 3 is 2.43 bits per heavy atom. The van der Waals surface area contributed by atoms with E-state index in [-0.39, 0.29) is 10.8 Å². The fraction of sp³-hybridized carbons (Fsp3) is 0.950. The molecule has 7 atom stereocenters. The third kappa shape index (κ3) is 1.89. The summed E-state index contributed by atoms with van der Waals surface area (Å²) in [5, 5.41) is 20.8. The van der Waals surface area contributed by atoms with Gasteiger partial charge in [-0.05, 0) is 93.8 Å². The summed E-state index contributed by atoms with van der Waals surface area (Å²) in [6.07, 6.45) is 9.68. The van der Waals surface area contributed by atoms with Crippen LogP contribution in [0.1, 0.15) is 78.6 Å². The van der Waals surface area contributed by atoms with E-state index in [0.29, 0.717) is 17.8 Å². The van der Waals surface area contributed by atoms with Crippen molar-refractivity contribution in [2.75, 3.05) is 0 Å². The highest BCUT2D eigenvalue weighted by atomic mass is 16.4. The van der Waals surface area contributed by atoms with E-state index < -0.39 is 17.0 Å². The normalized spacial score (nSPS) is 58.3. The highest BCUT2D eigenvalue weighted by Crippen LogP contribution is 2.72. The standard InChI is InChI=1S/C20H32O3/c1-17-8-4-9-18(2,16(21)22)14(17)7-10-20-11-13(5-6-15(17)20)19(3,23)12-20/h13-15,23H,4-12H2,1-3H3,(H,21,22)/t13-,14?,15?,17+,18+,19+,20-/m0/s1. The lowest BCUT2D eigenvalue weighted by Gasteiger charge is -2.63. The topological polar surface area (TPSA) is 57.5 Å². The Hall–Kier alpha value is -0.570. The van der Waals surface area contributed by atoms with Gasteiger partial charge < -0.3 is 10.2 Å². The highest BCUT2D eigenvalue weighted by Gasteiger charge is 2.67. The second-order valence-electron chi connectivity index (χ2n) is 10.1. The second-order valence-corrected chi connectivity index (χ2v) is 10.1. The van der Waals surface area contributed by atoms with E-state index in [4.69, 9.17) is 0 Å². The quantitative estimate of drug-likeness (QED) is 0.760. The molecule has 2 unspecified atom stereocenters. The highest BCUT2D eigenvalue weighted by molar-refractivity contribution is 5.75. The van der Waals surface area contributed by atoms with Crippen LogP contribution in [0.15, 0.2) is 0 Å². The van der Waals surface area contributed by atoms with Crippen molar-refractivity contribution in [1.29, 1.82) is 0 Å². The van der Waals surface area contributed by atoms with Crippen LogP contribution in [0.4, 0.5) is 0 Å². The molecule has 130 valence electrons. The molecule has 4 rings (SSSR count). The molecule has 4 aliphatic rings. The van der Waals surface area contributed by atoms with Crippen molar-refractivity contribution in [3.05, 3.63) is 0 Å². The Morgan fingerprint density at radius 1 is 1.00 bits per heavy atom. The molecule has 1 spiro atoms. The predicted molar refractivity (Wildman–Crippen MR) is 88.9 cm³/mol. The molecule has 3 nitrogen and oxygen atoms in total. The molecular weight excluding hydrogens is 288 g/mol. The van der Waals surface area contributed by atoms with Crippen molar-refractivity contribution in [1.82, 2.24) is 0 Å². The van der Waals surface area contributed by atoms with E-state index >= 15 is 0 Å². The van der Waals surface area contributed by atoms with Gasteiger partial charge in [-0.3, -0.25) is 4.79 Å². The number of hydrogen-bond donors (Lipinski definition) is 2. The summed E-state index contributed by atoms with van der Waals surface area (Å²) in [7, 11) is 0. The molecule has 0 heterocycles. The first-order chi connectivity index (χ1) is 10.6. The van der Waals surface area contributed by atoms with Gasteiger partial charge in [0.2, 0.25) is 0 Å². The second kappa shape index (κ2) is 4.53. The van der Waals surface area contributed by atoms with Crippen LogP contribution < -0.4 is 0 Å². The molecule has 0 aromatic rings. The third-order valence-electron chi connectivity index (χ3n) is 8.98. The minimum atomic E-state index is -0.587. The largest absolute Gasteiger partial charge is 0.481 e. The monoisotopic (exact) mass is 320 g/mol. The number of carbonyl (C=O) groups is 1. The fourth-order valence-electron chi connectivity index (χ4n) is 8.05. The zero-order chi connectivity index (χ0) is 16.7. The Labute approximate surface area is 139 Å². The van der Waals surface area contributed by atoms with Crippen molar-refractivity contribution < 1.29 is 15.0 Å². The maximum atomic E-state index is 12.1. The predicted octanol–water partition coefficient (Wildman–Crippen LogP) is 4.23. The van der Waals surface area contributed by atoms with Gasteiger partial charge in [0.25, 0.3) is 0 Å². The van der Waals surface area contributed by atoms with Crippen molar-refractivity contribution in [2.24, 2.45) is 34.0 Å². The van der Waals surface area contributed by atoms with Gasteiger partial charge in [-0.25, -0.2) is 0 Å². The van der Waals surface area contributed by atoms with Gasteiger partial charge in [0.15, 0.2) is 0 Å². The van der Waals surface area contributed by atoms with E-state index in [2.05, 4.69) is 6.92 Å². The molecule has 0 aliphatic heterocycles. The van der Waals surface area contributed by atoms with E-state index in [1.54, 1.807) is 0 Å². The number of carboxylic acid groups (broad SMARTS) is 1. The van der Waals surface area contributed by atoms with E-state index in [1.165, 1.54) is 19.3 Å². The smallest absolute Gasteiger partial charge is 0.309 e. The molecule has 3 heteroatoms. The molecule has 4 fully saturated rings. The molecule has 4 aliphatic carbocycles. The summed E-state index contributed by atoms with van der Waals surface area (Å²) in [4.78, 5) is 12.1. The average Bonchev–Trinajstić information content (AvgIpc) is 2.63. The number of rotatable bonds is 1. The summed E-state index contributed by atoms with van der Waals surface area (Å²) >= 11 is 0. The van der Waals surface area contributed by atoms with E-state index in [1.807, 2.05) is 13.8 Å². The van der Waals surface area contributed by atoms with Crippen LogP contribution in [0, 0.1) is 34.0 Å². The first-order valence-electron chi connectivity index (χ1n) is 9.60. The fourth-order valence-corrected chi connectivity index (χ4v) is 8.05. The van der Waals surface area contributed by atoms with E-state index in [9.17, 15) is 15.0 Å². The molecular formula is C20H32O3. The number of aliphatic hydroxyl groups is 1. The van der Waals surface area contributed by atoms with Crippen LogP contribution in [0.25, 0.3) is 0 Å². The average molecular weight is 320 g/mol. The van der Waals surface area contributed by atoms with Crippen molar-refractivity contribution in [2.45, 2.75) is 84.2 Å². The summed E-state index contributed by atoms with van der Waals surface area (Å²) in [5.41, 5.74) is -0.612. The van der Waals surface area contributed by atoms with Gasteiger partial charge in [0.1, 0.15) is 0 Å². The van der Waals surface area contributed by atoms with Gasteiger partial charge in [-0.15, -0.1) is 0 Å². The minimum Gasteiger partial charge on any atom is -0.481 e. The zero-order valence-electron chi connectivity index (χ0n) is 14.9.